The Kier molecular flexibility index (Phi) is 7.70. The van der Waals surface area contributed by atoms with Crippen molar-refractivity contribution in [2.45, 2.75) is 58.6 Å². The zero-order valence-electron chi connectivity index (χ0n) is 18.0. The van der Waals surface area contributed by atoms with E-state index in [9.17, 15) is 4.79 Å². The van der Waals surface area contributed by atoms with Crippen molar-refractivity contribution in [1.82, 2.24) is 10.2 Å². The van der Waals surface area contributed by atoms with Crippen LogP contribution in [0.15, 0.2) is 48.5 Å². The molecule has 2 aromatic rings. The molecular weight excluding hydrogens is 360 g/mol. The summed E-state index contributed by atoms with van der Waals surface area (Å²) in [7, 11) is 0. The smallest absolute Gasteiger partial charge is 0.251 e. The molecule has 4 heteroatoms. The number of aryl methyl sites for hydroxylation is 1. The minimum absolute atomic E-state index is 0.0342. The summed E-state index contributed by atoms with van der Waals surface area (Å²) < 4.78 is 5.67. The van der Waals surface area contributed by atoms with Crippen molar-refractivity contribution < 1.29 is 9.53 Å². The Morgan fingerprint density at radius 3 is 2.17 bits per heavy atom. The van der Waals surface area contributed by atoms with Gasteiger partial charge in [-0.1, -0.05) is 42.7 Å². The Morgan fingerprint density at radius 1 is 0.966 bits per heavy atom. The molecule has 0 radical (unpaired) electrons. The van der Waals surface area contributed by atoms with Gasteiger partial charge in [0.1, 0.15) is 5.75 Å². The van der Waals surface area contributed by atoms with E-state index >= 15 is 0 Å². The maximum absolute atomic E-state index is 12.7. The lowest BCUT2D eigenvalue weighted by Crippen LogP contribution is -2.38. The fourth-order valence-corrected chi connectivity index (χ4v) is 3.90. The summed E-state index contributed by atoms with van der Waals surface area (Å²) in [6, 6.07) is 16.3. The van der Waals surface area contributed by atoms with E-state index < -0.39 is 0 Å². The highest BCUT2D eigenvalue weighted by atomic mass is 16.5. The molecule has 0 aliphatic carbocycles. The van der Waals surface area contributed by atoms with E-state index in [1.165, 1.54) is 36.8 Å². The maximum Gasteiger partial charge on any atom is 0.251 e. The standard InChI is InChI=1S/C25H34N2O2/c1-19(2)29-23-14-12-22(13-15-23)25(28)26-18-24(21-10-8-20(3)9-11-21)27-16-6-4-5-7-17-27/h8-15,19,24H,4-7,16-18H2,1-3H3,(H,26,28). The number of carbonyl (C=O) groups excluding carboxylic acids is 1. The normalized spacial score (nSPS) is 16.3. The van der Waals surface area contributed by atoms with Gasteiger partial charge in [0.15, 0.2) is 0 Å². The summed E-state index contributed by atoms with van der Waals surface area (Å²) in [5.41, 5.74) is 3.20. The molecule has 156 valence electrons. The fraction of sp³-hybridized carbons (Fsp3) is 0.480. The first-order chi connectivity index (χ1) is 14.0. The first-order valence-electron chi connectivity index (χ1n) is 10.9. The third-order valence-electron chi connectivity index (χ3n) is 5.49. The second kappa shape index (κ2) is 10.4. The second-order valence-electron chi connectivity index (χ2n) is 8.28. The molecule has 0 bridgehead atoms. The monoisotopic (exact) mass is 394 g/mol. The van der Waals surface area contributed by atoms with Gasteiger partial charge in [-0.3, -0.25) is 9.69 Å². The van der Waals surface area contributed by atoms with Crippen LogP contribution in [0, 0.1) is 6.92 Å². The number of hydrogen-bond acceptors (Lipinski definition) is 3. The van der Waals surface area contributed by atoms with Crippen LogP contribution in [0.2, 0.25) is 0 Å². The van der Waals surface area contributed by atoms with E-state index in [2.05, 4.69) is 41.4 Å². The third-order valence-corrected chi connectivity index (χ3v) is 5.49. The molecular formula is C25H34N2O2. The van der Waals surface area contributed by atoms with Crippen LogP contribution < -0.4 is 10.1 Å². The van der Waals surface area contributed by atoms with Crippen LogP contribution in [0.3, 0.4) is 0 Å². The molecule has 1 N–H and O–H groups in total. The van der Waals surface area contributed by atoms with Crippen LogP contribution >= 0.6 is 0 Å². The lowest BCUT2D eigenvalue weighted by atomic mass is 10.0. The Labute approximate surface area is 175 Å². The molecule has 1 atom stereocenters. The van der Waals surface area contributed by atoms with Gasteiger partial charge in [0, 0.05) is 12.1 Å². The van der Waals surface area contributed by atoms with Gasteiger partial charge in [-0.05, 0) is 76.5 Å². The number of amides is 1. The molecule has 3 rings (SSSR count). The number of hydrogen-bond donors (Lipinski definition) is 1. The number of nitrogens with one attached hydrogen (secondary N) is 1. The maximum atomic E-state index is 12.7. The lowest BCUT2D eigenvalue weighted by Gasteiger charge is -2.31. The summed E-state index contributed by atoms with van der Waals surface area (Å²) in [5.74, 6) is 0.756. The second-order valence-corrected chi connectivity index (χ2v) is 8.28. The SMILES string of the molecule is Cc1ccc(C(CNC(=O)c2ccc(OC(C)C)cc2)N2CCCCCC2)cc1. The highest BCUT2D eigenvalue weighted by Crippen LogP contribution is 2.24. The summed E-state index contributed by atoms with van der Waals surface area (Å²) in [6.45, 7) is 8.90. The van der Waals surface area contributed by atoms with Crippen LogP contribution in [-0.4, -0.2) is 36.5 Å². The topological polar surface area (TPSA) is 41.6 Å². The van der Waals surface area contributed by atoms with Crippen molar-refractivity contribution >= 4 is 5.91 Å². The largest absolute Gasteiger partial charge is 0.491 e. The van der Waals surface area contributed by atoms with Crippen molar-refractivity contribution in [3.63, 3.8) is 0 Å². The fourth-order valence-electron chi connectivity index (χ4n) is 3.90. The Bertz CT molecular complexity index is 760. The Balaban J connectivity index is 1.68. The van der Waals surface area contributed by atoms with E-state index in [1.807, 2.05) is 38.1 Å². The van der Waals surface area contributed by atoms with Crippen LogP contribution in [0.1, 0.15) is 67.1 Å². The van der Waals surface area contributed by atoms with E-state index in [0.717, 1.165) is 18.8 Å². The van der Waals surface area contributed by atoms with E-state index in [4.69, 9.17) is 4.74 Å². The molecule has 1 aliphatic heterocycles. The van der Waals surface area contributed by atoms with Gasteiger partial charge in [0.25, 0.3) is 5.91 Å². The van der Waals surface area contributed by atoms with E-state index in [-0.39, 0.29) is 18.1 Å². The Hall–Kier alpha value is -2.33. The minimum atomic E-state index is -0.0342. The zero-order chi connectivity index (χ0) is 20.6. The lowest BCUT2D eigenvalue weighted by molar-refractivity contribution is 0.0933. The molecule has 2 aromatic carbocycles. The van der Waals surface area contributed by atoms with Gasteiger partial charge in [-0.15, -0.1) is 0 Å². The van der Waals surface area contributed by atoms with Gasteiger partial charge in [-0.2, -0.15) is 0 Å². The van der Waals surface area contributed by atoms with Gasteiger partial charge in [0.2, 0.25) is 0 Å². The Morgan fingerprint density at radius 2 is 1.59 bits per heavy atom. The summed E-state index contributed by atoms with van der Waals surface area (Å²) in [5, 5.41) is 3.17. The van der Waals surface area contributed by atoms with Crippen LogP contribution in [0.4, 0.5) is 0 Å². The molecule has 0 spiro atoms. The third kappa shape index (κ3) is 6.33. The van der Waals surface area contributed by atoms with Crippen LogP contribution in [0.25, 0.3) is 0 Å². The van der Waals surface area contributed by atoms with Gasteiger partial charge >= 0.3 is 0 Å². The van der Waals surface area contributed by atoms with Gasteiger partial charge in [0.05, 0.1) is 12.1 Å². The van der Waals surface area contributed by atoms with Crippen molar-refractivity contribution in [1.29, 1.82) is 0 Å². The summed E-state index contributed by atoms with van der Waals surface area (Å²) >= 11 is 0. The first kappa shape index (κ1) is 21.4. The number of benzene rings is 2. The summed E-state index contributed by atoms with van der Waals surface area (Å²) in [4.78, 5) is 15.3. The number of nitrogens with zero attached hydrogens (tertiary/aromatic N) is 1. The molecule has 1 saturated heterocycles. The molecule has 1 unspecified atom stereocenters. The molecule has 1 fully saturated rings. The molecule has 0 saturated carbocycles. The number of ether oxygens (including phenoxy) is 1. The number of rotatable bonds is 7. The molecule has 1 aliphatic rings. The number of likely N-dealkylation sites (tertiary alicyclic amines) is 1. The minimum Gasteiger partial charge on any atom is -0.491 e. The quantitative estimate of drug-likeness (QED) is 0.708. The molecule has 1 heterocycles. The summed E-state index contributed by atoms with van der Waals surface area (Å²) in [6.07, 6.45) is 5.18. The molecule has 0 aromatic heterocycles. The van der Waals surface area contributed by atoms with Crippen molar-refractivity contribution in [2.75, 3.05) is 19.6 Å². The highest BCUT2D eigenvalue weighted by Gasteiger charge is 2.22. The number of carbonyl (C=O) groups is 1. The average molecular weight is 395 g/mol. The van der Waals surface area contributed by atoms with Crippen molar-refractivity contribution in [3.05, 3.63) is 65.2 Å². The molecule has 29 heavy (non-hydrogen) atoms. The average Bonchev–Trinajstić information content (AvgIpc) is 2.99. The van der Waals surface area contributed by atoms with Crippen molar-refractivity contribution in [2.24, 2.45) is 0 Å². The van der Waals surface area contributed by atoms with Gasteiger partial charge in [-0.25, -0.2) is 0 Å². The van der Waals surface area contributed by atoms with Crippen LogP contribution in [0.5, 0.6) is 5.75 Å². The molecule has 4 nitrogen and oxygen atoms in total. The first-order valence-corrected chi connectivity index (χ1v) is 10.9. The van der Waals surface area contributed by atoms with E-state index in [1.54, 1.807) is 0 Å². The predicted molar refractivity (Wildman–Crippen MR) is 119 cm³/mol. The molecule has 1 amide bonds. The van der Waals surface area contributed by atoms with Crippen molar-refractivity contribution in [3.8, 4) is 5.75 Å². The van der Waals surface area contributed by atoms with Crippen LogP contribution in [-0.2, 0) is 0 Å². The zero-order valence-corrected chi connectivity index (χ0v) is 18.0. The predicted octanol–water partition coefficient (Wildman–Crippen LogP) is 5.13. The highest BCUT2D eigenvalue weighted by molar-refractivity contribution is 5.94. The van der Waals surface area contributed by atoms with Gasteiger partial charge < -0.3 is 10.1 Å². The van der Waals surface area contributed by atoms with E-state index in [0.29, 0.717) is 12.1 Å².